The maximum Gasteiger partial charge on any atom is 0.317 e. The third kappa shape index (κ3) is 3.35. The number of nitrogens with zero attached hydrogens (tertiary/aromatic N) is 1. The Morgan fingerprint density at radius 1 is 1.18 bits per heavy atom. The topological polar surface area (TPSA) is 94.4 Å². The summed E-state index contributed by atoms with van der Waals surface area (Å²) in [6, 6.07) is 8.59. The summed E-state index contributed by atoms with van der Waals surface area (Å²) in [6.45, 7) is -0.248. The van der Waals surface area contributed by atoms with E-state index in [-0.39, 0.29) is 40.1 Å². The highest BCUT2D eigenvalue weighted by molar-refractivity contribution is 6.30. The predicted molar refractivity (Wildman–Crippen MR) is 97.2 cm³/mol. The number of rotatable bonds is 6. The number of carbonyl (C=O) groups excluding carboxylic acids is 2. The van der Waals surface area contributed by atoms with Crippen molar-refractivity contribution in [2.45, 2.75) is 30.3 Å². The highest BCUT2D eigenvalue weighted by atomic mass is 35.5. The number of pyridine rings is 1. The molecule has 0 aliphatic heterocycles. The number of benzene rings is 1. The number of aromatic nitrogens is 1. The molecule has 2 aromatic rings. The van der Waals surface area contributed by atoms with Crippen molar-refractivity contribution in [1.82, 2.24) is 10.6 Å². The van der Waals surface area contributed by atoms with Crippen molar-refractivity contribution in [2.24, 2.45) is 0 Å². The van der Waals surface area contributed by atoms with Crippen LogP contribution in [0.2, 0.25) is 5.02 Å². The van der Waals surface area contributed by atoms with E-state index in [1.165, 1.54) is 24.4 Å². The molecule has 7 nitrogen and oxygen atoms in total. The van der Waals surface area contributed by atoms with Gasteiger partial charge in [-0.05, 0) is 37.5 Å². The largest absolute Gasteiger partial charge is 0.618 e. The zero-order chi connectivity index (χ0) is 19.9. The molecule has 0 radical (unpaired) electrons. The molecule has 2 N–H and O–H groups in total. The summed E-state index contributed by atoms with van der Waals surface area (Å²) in [7, 11) is 0. The fraction of sp³-hybridized carbons (Fsp3) is 0.316. The van der Waals surface area contributed by atoms with Gasteiger partial charge in [-0.15, -0.1) is 0 Å². The molecule has 0 spiro atoms. The van der Waals surface area contributed by atoms with Crippen LogP contribution in [-0.2, 0) is 4.79 Å². The molecule has 2 bridgehead atoms. The second-order valence-corrected chi connectivity index (χ2v) is 7.78. The molecule has 0 unspecified atom stereocenters. The predicted octanol–water partition coefficient (Wildman–Crippen LogP) is 1.71. The lowest BCUT2D eigenvalue weighted by Crippen LogP contribution is -2.84. The summed E-state index contributed by atoms with van der Waals surface area (Å²) < 4.78 is 19.2. The van der Waals surface area contributed by atoms with Gasteiger partial charge in [0, 0.05) is 29.3 Å². The van der Waals surface area contributed by atoms with E-state index in [2.05, 4.69) is 10.6 Å². The molecule has 1 aromatic heterocycles. The highest BCUT2D eigenvalue weighted by Gasteiger charge is 2.69. The number of carbonyl (C=O) groups is 2. The number of ether oxygens (including phenoxy) is 1. The Morgan fingerprint density at radius 2 is 1.89 bits per heavy atom. The van der Waals surface area contributed by atoms with Gasteiger partial charge < -0.3 is 20.6 Å². The molecule has 2 amide bonds. The maximum atomic E-state index is 13.4. The second kappa shape index (κ2) is 6.63. The first kappa shape index (κ1) is 18.5. The average Bonchev–Trinajstić information content (AvgIpc) is 2.60. The molecule has 1 heterocycles. The SMILES string of the molecule is O=C(COc1ccc(Cl)c(F)c1)NC12CC(NC(=O)c3cccc[n+]3[O-])(C1)C2. The third-order valence-electron chi connectivity index (χ3n) is 5.13. The number of halogens is 2. The van der Waals surface area contributed by atoms with Gasteiger partial charge in [-0.3, -0.25) is 9.59 Å². The van der Waals surface area contributed by atoms with Crippen LogP contribution in [0.5, 0.6) is 5.75 Å². The Balaban J connectivity index is 1.25. The van der Waals surface area contributed by atoms with Crippen molar-refractivity contribution < 1.29 is 23.4 Å². The van der Waals surface area contributed by atoms with E-state index in [0.717, 1.165) is 6.07 Å². The molecule has 0 atom stereocenters. The van der Waals surface area contributed by atoms with Crippen LogP contribution in [-0.4, -0.2) is 29.5 Å². The summed E-state index contributed by atoms with van der Waals surface area (Å²) in [5, 5.41) is 17.4. The summed E-state index contributed by atoms with van der Waals surface area (Å²) in [4.78, 5) is 24.4. The van der Waals surface area contributed by atoms with E-state index < -0.39 is 11.7 Å². The fourth-order valence-electron chi connectivity index (χ4n) is 4.01. The van der Waals surface area contributed by atoms with E-state index in [1.54, 1.807) is 12.1 Å². The monoisotopic (exact) mass is 405 g/mol. The van der Waals surface area contributed by atoms with Crippen LogP contribution in [0, 0.1) is 11.0 Å². The summed E-state index contributed by atoms with van der Waals surface area (Å²) >= 11 is 5.60. The van der Waals surface area contributed by atoms with Crippen LogP contribution >= 0.6 is 11.6 Å². The lowest BCUT2D eigenvalue weighted by Gasteiger charge is -2.70. The summed E-state index contributed by atoms with van der Waals surface area (Å²) in [6.07, 6.45) is 3.06. The number of hydrogen-bond donors (Lipinski definition) is 2. The molecule has 9 heteroatoms. The van der Waals surface area contributed by atoms with Gasteiger partial charge in [0.2, 0.25) is 0 Å². The lowest BCUT2D eigenvalue weighted by atomic mass is 9.44. The van der Waals surface area contributed by atoms with Gasteiger partial charge in [-0.25, -0.2) is 4.39 Å². The van der Waals surface area contributed by atoms with Crippen LogP contribution in [0.25, 0.3) is 0 Å². The van der Waals surface area contributed by atoms with E-state index in [4.69, 9.17) is 16.3 Å². The number of nitrogens with one attached hydrogen (secondary N) is 2. The molecular formula is C19H17ClFN3O4. The molecule has 3 aliphatic rings. The van der Waals surface area contributed by atoms with Gasteiger partial charge in [0.25, 0.3) is 11.6 Å². The quantitative estimate of drug-likeness (QED) is 0.565. The highest BCUT2D eigenvalue weighted by Crippen LogP contribution is 2.60. The Bertz CT molecular complexity index is 948. The van der Waals surface area contributed by atoms with Gasteiger partial charge in [0.1, 0.15) is 11.6 Å². The smallest absolute Gasteiger partial charge is 0.317 e. The minimum Gasteiger partial charge on any atom is -0.618 e. The van der Waals surface area contributed by atoms with Crippen molar-refractivity contribution in [3.63, 3.8) is 0 Å². The summed E-state index contributed by atoms with van der Waals surface area (Å²) in [5.74, 6) is -1.15. The number of amides is 2. The minimum atomic E-state index is -0.616. The Morgan fingerprint density at radius 3 is 2.57 bits per heavy atom. The lowest BCUT2D eigenvalue weighted by molar-refractivity contribution is -0.607. The molecule has 3 fully saturated rings. The Labute approximate surface area is 165 Å². The molecule has 5 rings (SSSR count). The van der Waals surface area contributed by atoms with E-state index in [1.807, 2.05) is 0 Å². The van der Waals surface area contributed by atoms with Crippen LogP contribution in [0.1, 0.15) is 29.8 Å². The maximum absolute atomic E-state index is 13.4. The molecule has 1 aromatic carbocycles. The zero-order valence-electron chi connectivity index (χ0n) is 14.7. The van der Waals surface area contributed by atoms with Crippen LogP contribution in [0.4, 0.5) is 4.39 Å². The standard InChI is InChI=1S/C19H17ClFN3O4/c20-13-5-4-12(7-14(13)21)28-8-16(25)22-18-9-19(10-18,11-18)23-17(26)15-3-1-2-6-24(15)27/h1-7H,8-11H2,(H,22,25)(H,23,26). The van der Waals surface area contributed by atoms with Gasteiger partial charge in [0.15, 0.2) is 12.8 Å². The molecule has 146 valence electrons. The van der Waals surface area contributed by atoms with Gasteiger partial charge in [-0.2, -0.15) is 4.73 Å². The van der Waals surface area contributed by atoms with E-state index >= 15 is 0 Å². The molecule has 0 saturated heterocycles. The fourth-order valence-corrected chi connectivity index (χ4v) is 4.13. The van der Waals surface area contributed by atoms with Crippen LogP contribution in [0.3, 0.4) is 0 Å². The van der Waals surface area contributed by atoms with Crippen LogP contribution in [0.15, 0.2) is 42.6 Å². The van der Waals surface area contributed by atoms with Crippen molar-refractivity contribution in [3.05, 3.63) is 64.3 Å². The third-order valence-corrected chi connectivity index (χ3v) is 5.44. The molecule has 3 saturated carbocycles. The van der Waals surface area contributed by atoms with Crippen molar-refractivity contribution in [3.8, 4) is 5.75 Å². The first-order valence-electron chi connectivity index (χ1n) is 8.69. The Hall–Kier alpha value is -2.87. The molecule has 3 aliphatic carbocycles. The second-order valence-electron chi connectivity index (χ2n) is 7.37. The number of hydrogen-bond acceptors (Lipinski definition) is 4. The normalized spacial score (nSPS) is 24.5. The van der Waals surface area contributed by atoms with Crippen molar-refractivity contribution >= 4 is 23.4 Å². The van der Waals surface area contributed by atoms with E-state index in [0.29, 0.717) is 24.0 Å². The average molecular weight is 406 g/mol. The zero-order valence-corrected chi connectivity index (χ0v) is 15.5. The first-order valence-corrected chi connectivity index (χ1v) is 9.07. The van der Waals surface area contributed by atoms with Crippen molar-refractivity contribution in [2.75, 3.05) is 6.61 Å². The van der Waals surface area contributed by atoms with Crippen LogP contribution < -0.4 is 20.1 Å². The summed E-state index contributed by atoms with van der Waals surface area (Å²) in [5.41, 5.74) is -0.704. The van der Waals surface area contributed by atoms with Crippen molar-refractivity contribution in [1.29, 1.82) is 0 Å². The van der Waals surface area contributed by atoms with Gasteiger partial charge in [0.05, 0.1) is 5.02 Å². The van der Waals surface area contributed by atoms with Gasteiger partial charge in [-0.1, -0.05) is 11.6 Å². The first-order chi connectivity index (χ1) is 13.3. The Kier molecular flexibility index (Phi) is 4.38. The molecular weight excluding hydrogens is 389 g/mol. The van der Waals surface area contributed by atoms with Gasteiger partial charge >= 0.3 is 5.91 Å². The van der Waals surface area contributed by atoms with E-state index in [9.17, 15) is 19.2 Å². The minimum absolute atomic E-state index is 0.0176. The molecule has 28 heavy (non-hydrogen) atoms.